The van der Waals surface area contributed by atoms with E-state index in [1.807, 2.05) is 0 Å². The third kappa shape index (κ3) is 4.80. The molecule has 0 heterocycles. The van der Waals surface area contributed by atoms with Gasteiger partial charge in [0.1, 0.15) is 0 Å². The summed E-state index contributed by atoms with van der Waals surface area (Å²) in [5.74, 6) is -4.53. The second-order valence-electron chi connectivity index (χ2n) is 3.57. The van der Waals surface area contributed by atoms with Crippen molar-refractivity contribution in [2.24, 2.45) is 0 Å². The Morgan fingerprint density at radius 3 is 2.06 bits per heavy atom. The van der Waals surface area contributed by atoms with E-state index in [1.54, 1.807) is 6.92 Å². The minimum Gasteiger partial charge on any atom is -0.362 e. The number of rotatable bonds is 5. The SMILES string of the molecule is C=C(C)C(=O)OOC(=O)C(=C)C(O)(O)CCC. The fourth-order valence-electron chi connectivity index (χ4n) is 0.860. The van der Waals surface area contributed by atoms with Crippen molar-refractivity contribution in [2.75, 3.05) is 0 Å². The normalized spacial score (nSPS) is 10.6. The molecule has 0 aromatic rings. The van der Waals surface area contributed by atoms with E-state index in [9.17, 15) is 19.8 Å². The second-order valence-corrected chi connectivity index (χ2v) is 3.57. The molecule has 0 unspecified atom stereocenters. The highest BCUT2D eigenvalue weighted by molar-refractivity contribution is 5.91. The molecule has 17 heavy (non-hydrogen) atoms. The third-order valence-corrected chi connectivity index (χ3v) is 1.87. The smallest absolute Gasteiger partial charge is 0.362 e. The van der Waals surface area contributed by atoms with Gasteiger partial charge in [0, 0.05) is 12.0 Å². The Hall–Kier alpha value is -1.66. The van der Waals surface area contributed by atoms with E-state index in [-0.39, 0.29) is 12.0 Å². The Kier molecular flexibility index (Phi) is 5.57. The van der Waals surface area contributed by atoms with Crippen molar-refractivity contribution in [3.63, 3.8) is 0 Å². The van der Waals surface area contributed by atoms with Crippen LogP contribution in [0.15, 0.2) is 24.3 Å². The molecule has 0 bridgehead atoms. The maximum absolute atomic E-state index is 11.2. The molecular weight excluding hydrogens is 228 g/mol. The molecule has 0 saturated heterocycles. The van der Waals surface area contributed by atoms with Gasteiger partial charge >= 0.3 is 11.9 Å². The van der Waals surface area contributed by atoms with E-state index >= 15 is 0 Å². The summed E-state index contributed by atoms with van der Waals surface area (Å²) in [4.78, 5) is 30.3. The molecule has 0 atom stereocenters. The lowest BCUT2D eigenvalue weighted by atomic mass is 10.0. The van der Waals surface area contributed by atoms with Crippen molar-refractivity contribution in [3.8, 4) is 0 Å². The molecule has 0 aromatic carbocycles. The Balaban J connectivity index is 4.38. The van der Waals surface area contributed by atoms with Gasteiger partial charge in [-0.05, 0) is 6.92 Å². The number of hydrogen-bond donors (Lipinski definition) is 2. The van der Waals surface area contributed by atoms with E-state index in [2.05, 4.69) is 22.9 Å². The van der Waals surface area contributed by atoms with Crippen molar-refractivity contribution in [3.05, 3.63) is 24.3 Å². The fraction of sp³-hybridized carbons (Fsp3) is 0.455. The van der Waals surface area contributed by atoms with E-state index in [0.717, 1.165) is 0 Å². The standard InChI is InChI=1S/C11H16O6/c1-5-6-11(14,15)8(4)10(13)17-16-9(12)7(2)3/h14-15H,2,4-6H2,1,3H3. The highest BCUT2D eigenvalue weighted by atomic mass is 17.2. The third-order valence-electron chi connectivity index (χ3n) is 1.87. The first-order chi connectivity index (χ1) is 7.72. The van der Waals surface area contributed by atoms with Gasteiger partial charge in [-0.25, -0.2) is 19.4 Å². The molecule has 6 nitrogen and oxygen atoms in total. The van der Waals surface area contributed by atoms with Crippen LogP contribution in [0.25, 0.3) is 0 Å². The van der Waals surface area contributed by atoms with Crippen LogP contribution in [0.1, 0.15) is 26.7 Å². The molecule has 0 fully saturated rings. The van der Waals surface area contributed by atoms with Gasteiger partial charge in [-0.1, -0.05) is 26.5 Å². The average Bonchev–Trinajstić information content (AvgIpc) is 2.23. The van der Waals surface area contributed by atoms with Gasteiger partial charge in [-0.3, -0.25) is 0 Å². The molecule has 0 radical (unpaired) electrons. The van der Waals surface area contributed by atoms with Crippen molar-refractivity contribution in [1.82, 2.24) is 0 Å². The van der Waals surface area contributed by atoms with Gasteiger partial charge in [0.25, 0.3) is 0 Å². The topological polar surface area (TPSA) is 93.1 Å². The van der Waals surface area contributed by atoms with Crippen LogP contribution < -0.4 is 0 Å². The highest BCUT2D eigenvalue weighted by Gasteiger charge is 2.33. The van der Waals surface area contributed by atoms with Crippen molar-refractivity contribution in [2.45, 2.75) is 32.5 Å². The lowest BCUT2D eigenvalue weighted by Crippen LogP contribution is -2.35. The number of hydrogen-bond acceptors (Lipinski definition) is 6. The molecule has 2 N–H and O–H groups in total. The Labute approximate surface area is 99.1 Å². The second kappa shape index (κ2) is 6.17. The quantitative estimate of drug-likeness (QED) is 0.318. The van der Waals surface area contributed by atoms with Crippen molar-refractivity contribution < 1.29 is 29.6 Å². The summed E-state index contributed by atoms with van der Waals surface area (Å²) < 4.78 is 0. The Morgan fingerprint density at radius 2 is 1.65 bits per heavy atom. The van der Waals surface area contributed by atoms with Crippen molar-refractivity contribution >= 4 is 11.9 Å². The number of carbonyl (C=O) groups excluding carboxylic acids is 2. The highest BCUT2D eigenvalue weighted by Crippen LogP contribution is 2.19. The molecular formula is C11H16O6. The molecule has 0 aromatic heterocycles. The molecule has 0 saturated carbocycles. The zero-order chi connectivity index (χ0) is 13.6. The van der Waals surface area contributed by atoms with E-state index < -0.39 is 23.3 Å². The predicted octanol–water partition coefficient (Wildman–Crippen LogP) is 0.601. The first kappa shape index (κ1) is 15.3. The zero-order valence-corrected chi connectivity index (χ0v) is 9.86. The van der Waals surface area contributed by atoms with Crippen LogP contribution in [0, 0.1) is 0 Å². The van der Waals surface area contributed by atoms with Crippen LogP contribution in [0.3, 0.4) is 0 Å². The van der Waals surface area contributed by atoms with Gasteiger partial charge in [0.2, 0.25) is 0 Å². The zero-order valence-electron chi connectivity index (χ0n) is 9.86. The molecule has 0 amide bonds. The van der Waals surface area contributed by atoms with Crippen LogP contribution in [0.2, 0.25) is 0 Å². The maximum atomic E-state index is 11.2. The molecule has 0 aliphatic rings. The average molecular weight is 244 g/mol. The molecule has 0 aliphatic heterocycles. The number of aliphatic hydroxyl groups is 2. The van der Waals surface area contributed by atoms with Crippen LogP contribution in [0.5, 0.6) is 0 Å². The summed E-state index contributed by atoms with van der Waals surface area (Å²) in [7, 11) is 0. The van der Waals surface area contributed by atoms with Gasteiger partial charge < -0.3 is 10.2 Å². The molecule has 96 valence electrons. The molecule has 0 aliphatic carbocycles. The van der Waals surface area contributed by atoms with Crippen LogP contribution >= 0.6 is 0 Å². The van der Waals surface area contributed by atoms with E-state index in [0.29, 0.717) is 6.42 Å². The van der Waals surface area contributed by atoms with E-state index in [1.165, 1.54) is 6.92 Å². The van der Waals surface area contributed by atoms with Crippen LogP contribution in [-0.2, 0) is 19.4 Å². The van der Waals surface area contributed by atoms with E-state index in [4.69, 9.17) is 0 Å². The van der Waals surface area contributed by atoms with Gasteiger partial charge in [-0.2, -0.15) is 0 Å². The first-order valence-corrected chi connectivity index (χ1v) is 4.95. The van der Waals surface area contributed by atoms with Crippen molar-refractivity contribution in [1.29, 1.82) is 0 Å². The Bertz CT molecular complexity index is 342. The minimum absolute atomic E-state index is 0.0382. The molecule has 6 heteroatoms. The van der Waals surface area contributed by atoms with Gasteiger partial charge in [-0.15, -0.1) is 0 Å². The summed E-state index contributed by atoms with van der Waals surface area (Å²) >= 11 is 0. The number of carbonyl (C=O) groups is 2. The van der Waals surface area contributed by atoms with Gasteiger partial charge in [0.15, 0.2) is 5.79 Å². The summed E-state index contributed by atoms with van der Waals surface area (Å²) in [5.41, 5.74) is -0.565. The van der Waals surface area contributed by atoms with Crippen LogP contribution in [0.4, 0.5) is 0 Å². The molecule has 0 rings (SSSR count). The van der Waals surface area contributed by atoms with Crippen LogP contribution in [-0.4, -0.2) is 27.9 Å². The first-order valence-electron chi connectivity index (χ1n) is 4.95. The maximum Gasteiger partial charge on any atom is 0.387 e. The predicted molar refractivity (Wildman–Crippen MR) is 58.2 cm³/mol. The lowest BCUT2D eigenvalue weighted by Gasteiger charge is -2.21. The fourth-order valence-corrected chi connectivity index (χ4v) is 0.860. The lowest BCUT2D eigenvalue weighted by molar-refractivity contribution is -0.256. The summed E-state index contributed by atoms with van der Waals surface area (Å²) in [6, 6.07) is 0. The molecule has 0 spiro atoms. The largest absolute Gasteiger partial charge is 0.387 e. The summed E-state index contributed by atoms with van der Waals surface area (Å²) in [6.45, 7) is 9.51. The van der Waals surface area contributed by atoms with Gasteiger partial charge in [0.05, 0.1) is 5.57 Å². The summed E-state index contributed by atoms with van der Waals surface area (Å²) in [6.07, 6.45) is 0.334. The summed E-state index contributed by atoms with van der Waals surface area (Å²) in [5, 5.41) is 18.8. The Morgan fingerprint density at radius 1 is 1.18 bits per heavy atom. The minimum atomic E-state index is -2.37. The monoisotopic (exact) mass is 244 g/mol.